The Balaban J connectivity index is 1.84. The van der Waals surface area contributed by atoms with Crippen LogP contribution >= 0.6 is 0 Å². The molecule has 18 heavy (non-hydrogen) atoms. The fourth-order valence-electron chi connectivity index (χ4n) is 3.22. The Morgan fingerprint density at radius 2 is 2.17 bits per heavy atom. The highest BCUT2D eigenvalue weighted by atomic mass is 19.3. The van der Waals surface area contributed by atoms with E-state index in [1.54, 1.807) is 0 Å². The molecule has 0 spiro atoms. The summed E-state index contributed by atoms with van der Waals surface area (Å²) in [7, 11) is 0. The highest BCUT2D eigenvalue weighted by molar-refractivity contribution is 4.83. The van der Waals surface area contributed by atoms with E-state index in [0.29, 0.717) is 13.0 Å². The highest BCUT2D eigenvalue weighted by Crippen LogP contribution is 2.37. The van der Waals surface area contributed by atoms with Crippen molar-refractivity contribution in [2.45, 2.75) is 50.7 Å². The smallest absolute Gasteiger partial charge is 0.248 e. The van der Waals surface area contributed by atoms with Crippen LogP contribution in [0.1, 0.15) is 32.6 Å². The number of hydrogen-bond acceptors (Lipinski definition) is 3. The number of morpholine rings is 1. The monoisotopic (exact) mass is 262 g/mol. The van der Waals surface area contributed by atoms with Crippen molar-refractivity contribution in [1.29, 1.82) is 0 Å². The van der Waals surface area contributed by atoms with Crippen molar-refractivity contribution < 1.29 is 13.5 Å². The Hall–Kier alpha value is -0.260. The Kier molecular flexibility index (Phi) is 4.56. The van der Waals surface area contributed by atoms with Crippen LogP contribution in [-0.2, 0) is 4.74 Å². The van der Waals surface area contributed by atoms with Gasteiger partial charge < -0.3 is 10.5 Å². The minimum Gasteiger partial charge on any atom is -0.371 e. The molecule has 3 nitrogen and oxygen atoms in total. The third-order valence-corrected chi connectivity index (χ3v) is 3.92. The van der Waals surface area contributed by atoms with E-state index in [-0.39, 0.29) is 31.0 Å². The molecular weight excluding hydrogens is 238 g/mol. The summed E-state index contributed by atoms with van der Waals surface area (Å²) < 4.78 is 32.4. The number of alkyl halides is 2. The molecule has 2 rings (SSSR count). The maximum absolute atomic E-state index is 13.4. The van der Waals surface area contributed by atoms with Crippen molar-refractivity contribution in [2.75, 3.05) is 26.2 Å². The second-order valence-corrected chi connectivity index (χ2v) is 5.84. The van der Waals surface area contributed by atoms with E-state index in [4.69, 9.17) is 10.5 Å². The number of hydrogen-bond donors (Lipinski definition) is 1. The molecule has 0 radical (unpaired) electrons. The standard InChI is InChI=1S/C13H24F2N2O/c1-10-7-17(9-12(6-16)18-10)8-11-3-2-4-13(14,15)5-11/h10-12H,2-9,16H2,1H3. The van der Waals surface area contributed by atoms with E-state index in [9.17, 15) is 8.78 Å². The Morgan fingerprint density at radius 3 is 2.83 bits per heavy atom. The fraction of sp³-hybridized carbons (Fsp3) is 1.00. The second kappa shape index (κ2) is 5.80. The van der Waals surface area contributed by atoms with Gasteiger partial charge in [0.1, 0.15) is 0 Å². The van der Waals surface area contributed by atoms with Crippen LogP contribution in [0.15, 0.2) is 0 Å². The third kappa shape index (κ3) is 3.87. The van der Waals surface area contributed by atoms with Crippen molar-refractivity contribution in [3.05, 3.63) is 0 Å². The van der Waals surface area contributed by atoms with Crippen LogP contribution in [0.5, 0.6) is 0 Å². The van der Waals surface area contributed by atoms with Crippen molar-refractivity contribution >= 4 is 0 Å². The van der Waals surface area contributed by atoms with Gasteiger partial charge in [0.2, 0.25) is 5.92 Å². The number of rotatable bonds is 3. The van der Waals surface area contributed by atoms with E-state index in [1.165, 1.54) is 0 Å². The lowest BCUT2D eigenvalue weighted by Gasteiger charge is -2.39. The molecule has 1 saturated heterocycles. The predicted molar refractivity (Wildman–Crippen MR) is 66.7 cm³/mol. The van der Waals surface area contributed by atoms with E-state index in [2.05, 4.69) is 4.90 Å². The summed E-state index contributed by atoms with van der Waals surface area (Å²) in [6.07, 6.45) is 1.89. The van der Waals surface area contributed by atoms with E-state index in [1.807, 2.05) is 6.92 Å². The minimum absolute atomic E-state index is 0.0476. The van der Waals surface area contributed by atoms with Crippen molar-refractivity contribution in [2.24, 2.45) is 11.7 Å². The molecule has 2 aliphatic rings. The number of nitrogens with zero attached hydrogens (tertiary/aromatic N) is 1. The lowest BCUT2D eigenvalue weighted by molar-refractivity contribution is -0.0894. The first kappa shape index (κ1) is 14.2. The molecule has 1 saturated carbocycles. The Labute approximate surface area is 108 Å². The van der Waals surface area contributed by atoms with E-state index in [0.717, 1.165) is 26.1 Å². The van der Waals surface area contributed by atoms with Crippen LogP contribution < -0.4 is 5.73 Å². The predicted octanol–water partition coefficient (Wildman–Crippen LogP) is 1.86. The molecule has 1 aliphatic heterocycles. The summed E-state index contributed by atoms with van der Waals surface area (Å²) >= 11 is 0. The Morgan fingerprint density at radius 1 is 1.39 bits per heavy atom. The van der Waals surface area contributed by atoms with Crippen LogP contribution in [0.3, 0.4) is 0 Å². The van der Waals surface area contributed by atoms with Gasteiger partial charge in [0, 0.05) is 39.0 Å². The summed E-state index contributed by atoms with van der Waals surface area (Å²) in [5, 5.41) is 0. The van der Waals surface area contributed by atoms with Gasteiger partial charge in [0.25, 0.3) is 0 Å². The van der Waals surface area contributed by atoms with Gasteiger partial charge in [-0.25, -0.2) is 8.78 Å². The molecule has 3 unspecified atom stereocenters. The Bertz CT molecular complexity index is 276. The summed E-state index contributed by atoms with van der Waals surface area (Å²) in [5.74, 6) is -2.33. The maximum atomic E-state index is 13.4. The van der Waals surface area contributed by atoms with Crippen molar-refractivity contribution in [3.8, 4) is 0 Å². The molecule has 2 N–H and O–H groups in total. The normalized spacial score (nSPS) is 37.7. The lowest BCUT2D eigenvalue weighted by atomic mass is 9.86. The first-order chi connectivity index (χ1) is 8.48. The average molecular weight is 262 g/mol. The second-order valence-electron chi connectivity index (χ2n) is 5.84. The molecule has 0 aromatic heterocycles. The molecule has 0 aromatic rings. The van der Waals surface area contributed by atoms with E-state index < -0.39 is 5.92 Å². The first-order valence-electron chi connectivity index (χ1n) is 6.94. The molecule has 106 valence electrons. The molecule has 1 heterocycles. The summed E-state index contributed by atoms with van der Waals surface area (Å²) in [5.41, 5.74) is 5.63. The topological polar surface area (TPSA) is 38.5 Å². The molecule has 2 fully saturated rings. The zero-order valence-corrected chi connectivity index (χ0v) is 11.1. The van der Waals surface area contributed by atoms with Crippen LogP contribution in [-0.4, -0.2) is 49.2 Å². The van der Waals surface area contributed by atoms with Gasteiger partial charge >= 0.3 is 0 Å². The zero-order chi connectivity index (χ0) is 13.2. The minimum atomic E-state index is -2.45. The third-order valence-electron chi connectivity index (χ3n) is 3.92. The molecule has 0 amide bonds. The molecule has 0 bridgehead atoms. The highest BCUT2D eigenvalue weighted by Gasteiger charge is 2.37. The number of ether oxygens (including phenoxy) is 1. The fourth-order valence-corrected chi connectivity index (χ4v) is 3.22. The average Bonchev–Trinajstić information content (AvgIpc) is 2.26. The van der Waals surface area contributed by atoms with Crippen molar-refractivity contribution in [1.82, 2.24) is 4.90 Å². The van der Waals surface area contributed by atoms with Gasteiger partial charge in [-0.2, -0.15) is 0 Å². The maximum Gasteiger partial charge on any atom is 0.248 e. The summed E-state index contributed by atoms with van der Waals surface area (Å²) in [6, 6.07) is 0. The van der Waals surface area contributed by atoms with Crippen LogP contribution in [0, 0.1) is 5.92 Å². The van der Waals surface area contributed by atoms with Gasteiger partial charge in [-0.15, -0.1) is 0 Å². The van der Waals surface area contributed by atoms with Crippen LogP contribution in [0.2, 0.25) is 0 Å². The molecular formula is C13H24F2N2O. The quantitative estimate of drug-likeness (QED) is 0.843. The van der Waals surface area contributed by atoms with Gasteiger partial charge in [-0.3, -0.25) is 4.90 Å². The number of halogens is 2. The molecule has 5 heteroatoms. The first-order valence-corrected chi connectivity index (χ1v) is 6.94. The van der Waals surface area contributed by atoms with E-state index >= 15 is 0 Å². The van der Waals surface area contributed by atoms with Gasteiger partial charge in [-0.1, -0.05) is 0 Å². The van der Waals surface area contributed by atoms with Crippen LogP contribution in [0.4, 0.5) is 8.78 Å². The van der Waals surface area contributed by atoms with Gasteiger partial charge in [0.05, 0.1) is 12.2 Å². The van der Waals surface area contributed by atoms with Gasteiger partial charge in [-0.05, 0) is 25.7 Å². The molecule has 3 atom stereocenters. The van der Waals surface area contributed by atoms with Crippen LogP contribution in [0.25, 0.3) is 0 Å². The number of nitrogens with two attached hydrogens (primary N) is 1. The molecule has 0 aromatic carbocycles. The summed E-state index contributed by atoms with van der Waals surface area (Å²) in [6.45, 7) is 4.90. The molecule has 1 aliphatic carbocycles. The van der Waals surface area contributed by atoms with Crippen molar-refractivity contribution in [3.63, 3.8) is 0 Å². The largest absolute Gasteiger partial charge is 0.371 e. The summed E-state index contributed by atoms with van der Waals surface area (Å²) in [4.78, 5) is 2.25. The SMILES string of the molecule is CC1CN(CC2CCCC(F)(F)C2)CC(CN)O1. The zero-order valence-electron chi connectivity index (χ0n) is 11.1. The lowest BCUT2D eigenvalue weighted by Crippen LogP contribution is -2.51. The van der Waals surface area contributed by atoms with Gasteiger partial charge in [0.15, 0.2) is 0 Å².